The van der Waals surface area contributed by atoms with Gasteiger partial charge in [0.25, 0.3) is 5.69 Å². The van der Waals surface area contributed by atoms with Crippen LogP contribution in [-0.2, 0) is 0 Å². The van der Waals surface area contributed by atoms with Gasteiger partial charge in [0.15, 0.2) is 0 Å². The van der Waals surface area contributed by atoms with Crippen molar-refractivity contribution in [2.45, 2.75) is 20.3 Å². The highest BCUT2D eigenvalue weighted by Crippen LogP contribution is 2.24. The number of carboxylic acid groups (broad SMARTS) is 1. The largest absolute Gasteiger partial charge is 0.478 e. The van der Waals surface area contributed by atoms with Crippen molar-refractivity contribution in [3.05, 3.63) is 47.0 Å². The van der Waals surface area contributed by atoms with Gasteiger partial charge < -0.3 is 10.4 Å². The van der Waals surface area contributed by atoms with E-state index in [0.717, 1.165) is 6.07 Å². The van der Waals surface area contributed by atoms with Gasteiger partial charge in [0.05, 0.1) is 10.5 Å². The average molecular weight is 268 g/mol. The standard InChI is InChI=1S/C8H8N2O4.C3H8.C2H4/c1-9-6-3-2-5(8(11)12)4-7(6)10(13)14;1-3-2;1-2/h2-4,9H,1H3,(H,11,12);3H2,1-2H3;1-2H2. The number of aromatic carboxylic acids is 1. The number of rotatable bonds is 3. The smallest absolute Gasteiger partial charge is 0.335 e. The molecule has 0 aliphatic carbocycles. The number of hydrogen-bond acceptors (Lipinski definition) is 4. The van der Waals surface area contributed by atoms with Gasteiger partial charge in [0.1, 0.15) is 5.69 Å². The second-order valence-corrected chi connectivity index (χ2v) is 3.25. The topological polar surface area (TPSA) is 92.5 Å². The molecule has 6 nitrogen and oxygen atoms in total. The summed E-state index contributed by atoms with van der Waals surface area (Å²) in [4.78, 5) is 20.4. The van der Waals surface area contributed by atoms with Gasteiger partial charge in [-0.1, -0.05) is 20.3 Å². The van der Waals surface area contributed by atoms with Crippen LogP contribution in [-0.4, -0.2) is 23.0 Å². The molecule has 2 N–H and O–H groups in total. The van der Waals surface area contributed by atoms with Crippen LogP contribution in [0.2, 0.25) is 0 Å². The summed E-state index contributed by atoms with van der Waals surface area (Å²) in [6, 6.07) is 3.69. The molecule has 0 aliphatic rings. The highest BCUT2D eigenvalue weighted by molar-refractivity contribution is 5.89. The van der Waals surface area contributed by atoms with Crippen molar-refractivity contribution < 1.29 is 14.8 Å². The summed E-state index contributed by atoms with van der Waals surface area (Å²) in [7, 11) is 1.53. The third-order valence-electron chi connectivity index (χ3n) is 1.71. The minimum atomic E-state index is -1.18. The molecule has 1 aromatic rings. The normalized spacial score (nSPS) is 8.16. The van der Waals surface area contributed by atoms with Crippen LogP contribution in [0, 0.1) is 10.1 Å². The van der Waals surface area contributed by atoms with Gasteiger partial charge in [0.2, 0.25) is 0 Å². The van der Waals surface area contributed by atoms with Gasteiger partial charge in [-0.3, -0.25) is 10.1 Å². The molecule has 0 atom stereocenters. The van der Waals surface area contributed by atoms with Crippen molar-refractivity contribution in [2.75, 3.05) is 12.4 Å². The van der Waals surface area contributed by atoms with Crippen molar-refractivity contribution in [3.63, 3.8) is 0 Å². The number of benzene rings is 1. The Balaban J connectivity index is 0. The van der Waals surface area contributed by atoms with E-state index in [-0.39, 0.29) is 11.3 Å². The van der Waals surface area contributed by atoms with Crippen molar-refractivity contribution in [2.24, 2.45) is 0 Å². The van der Waals surface area contributed by atoms with Crippen molar-refractivity contribution >= 4 is 17.3 Å². The van der Waals surface area contributed by atoms with Gasteiger partial charge in [-0.15, -0.1) is 13.2 Å². The van der Waals surface area contributed by atoms with E-state index in [4.69, 9.17) is 5.11 Å². The average Bonchev–Trinajstić information content (AvgIpc) is 2.41. The molecule has 1 rings (SSSR count). The van der Waals surface area contributed by atoms with E-state index in [1.165, 1.54) is 25.6 Å². The molecule has 0 radical (unpaired) electrons. The van der Waals surface area contributed by atoms with Crippen LogP contribution in [0.5, 0.6) is 0 Å². The van der Waals surface area contributed by atoms with Gasteiger partial charge in [-0.05, 0) is 12.1 Å². The molecule has 0 heterocycles. The molecule has 1 aromatic carbocycles. The Labute approximate surface area is 112 Å². The van der Waals surface area contributed by atoms with E-state index in [2.05, 4.69) is 32.3 Å². The summed E-state index contributed by atoms with van der Waals surface area (Å²) in [5.41, 5.74) is -0.0527. The molecule has 19 heavy (non-hydrogen) atoms. The summed E-state index contributed by atoms with van der Waals surface area (Å²) < 4.78 is 0. The fourth-order valence-corrected chi connectivity index (χ4v) is 1.03. The van der Waals surface area contributed by atoms with E-state index in [1.807, 2.05) is 0 Å². The van der Waals surface area contributed by atoms with Crippen LogP contribution >= 0.6 is 0 Å². The van der Waals surface area contributed by atoms with Crippen LogP contribution in [0.15, 0.2) is 31.4 Å². The van der Waals surface area contributed by atoms with Crippen molar-refractivity contribution in [1.29, 1.82) is 0 Å². The molecular weight excluding hydrogens is 248 g/mol. The number of carbonyl (C=O) groups is 1. The number of nitrogens with zero attached hydrogens (tertiary/aromatic N) is 1. The van der Waals surface area contributed by atoms with Crippen LogP contribution in [0.1, 0.15) is 30.6 Å². The SMILES string of the molecule is C=C.CCC.CNc1ccc(C(=O)O)cc1[N+](=O)[O-]. The molecule has 0 fully saturated rings. The lowest BCUT2D eigenvalue weighted by Gasteiger charge is -2.02. The molecule has 0 spiro atoms. The molecule has 0 saturated carbocycles. The fourth-order valence-electron chi connectivity index (χ4n) is 1.03. The first kappa shape index (κ1) is 19.0. The maximum atomic E-state index is 10.5. The highest BCUT2D eigenvalue weighted by atomic mass is 16.6. The van der Waals surface area contributed by atoms with Gasteiger partial charge in [-0.25, -0.2) is 4.79 Å². The number of nitro groups is 1. The van der Waals surface area contributed by atoms with Crippen molar-refractivity contribution in [1.82, 2.24) is 0 Å². The molecule has 0 aromatic heterocycles. The first-order valence-corrected chi connectivity index (χ1v) is 5.67. The Hall–Kier alpha value is -2.37. The van der Waals surface area contributed by atoms with Gasteiger partial charge >= 0.3 is 5.97 Å². The molecule has 0 amide bonds. The maximum Gasteiger partial charge on any atom is 0.335 e. The Morgan fingerprint density at radius 1 is 1.42 bits per heavy atom. The highest BCUT2D eigenvalue weighted by Gasteiger charge is 2.15. The summed E-state index contributed by atoms with van der Waals surface area (Å²) in [5.74, 6) is -1.18. The molecule has 0 bridgehead atoms. The molecule has 0 aliphatic heterocycles. The third-order valence-corrected chi connectivity index (χ3v) is 1.71. The molecule has 106 valence electrons. The molecule has 0 saturated heterocycles. The lowest BCUT2D eigenvalue weighted by Crippen LogP contribution is -2.01. The maximum absolute atomic E-state index is 10.5. The summed E-state index contributed by atoms with van der Waals surface area (Å²) >= 11 is 0. The zero-order valence-electron chi connectivity index (χ0n) is 11.5. The Bertz CT molecular complexity index is 419. The quantitative estimate of drug-likeness (QED) is 0.496. The molecule has 0 unspecified atom stereocenters. The van der Waals surface area contributed by atoms with E-state index in [0.29, 0.717) is 5.69 Å². The van der Waals surface area contributed by atoms with E-state index in [9.17, 15) is 14.9 Å². The zero-order chi connectivity index (χ0) is 15.4. The Morgan fingerprint density at radius 2 is 1.89 bits per heavy atom. The minimum absolute atomic E-state index is 0.101. The van der Waals surface area contributed by atoms with E-state index in [1.54, 1.807) is 0 Å². The van der Waals surface area contributed by atoms with E-state index < -0.39 is 10.9 Å². The minimum Gasteiger partial charge on any atom is -0.478 e. The molecular formula is C13H20N2O4. The number of hydrogen-bond donors (Lipinski definition) is 2. The van der Waals surface area contributed by atoms with Crippen LogP contribution < -0.4 is 5.32 Å². The summed E-state index contributed by atoms with van der Waals surface area (Å²) in [6.07, 6.45) is 1.25. The number of anilines is 1. The number of carboxylic acids is 1. The number of nitrogens with one attached hydrogen (secondary N) is 1. The van der Waals surface area contributed by atoms with E-state index >= 15 is 0 Å². The lowest BCUT2D eigenvalue weighted by atomic mass is 10.2. The molecule has 6 heteroatoms. The van der Waals surface area contributed by atoms with Crippen LogP contribution in [0.4, 0.5) is 11.4 Å². The van der Waals surface area contributed by atoms with Crippen molar-refractivity contribution in [3.8, 4) is 0 Å². The zero-order valence-corrected chi connectivity index (χ0v) is 11.5. The number of nitro benzene ring substituents is 1. The Morgan fingerprint density at radius 3 is 2.21 bits per heavy atom. The monoisotopic (exact) mass is 268 g/mol. The summed E-state index contributed by atoms with van der Waals surface area (Å²) in [5, 5.41) is 21.7. The second kappa shape index (κ2) is 10.8. The van der Waals surface area contributed by atoms with Gasteiger partial charge in [0, 0.05) is 13.1 Å². The van der Waals surface area contributed by atoms with Gasteiger partial charge in [-0.2, -0.15) is 0 Å². The Kier molecular flexibility index (Phi) is 10.8. The first-order valence-electron chi connectivity index (χ1n) is 5.67. The van der Waals surface area contributed by atoms with Crippen LogP contribution in [0.3, 0.4) is 0 Å². The summed E-state index contributed by atoms with van der Waals surface area (Å²) in [6.45, 7) is 10.2. The first-order chi connectivity index (χ1) is 8.97. The second-order valence-electron chi connectivity index (χ2n) is 3.25. The predicted molar refractivity (Wildman–Crippen MR) is 76.8 cm³/mol. The lowest BCUT2D eigenvalue weighted by molar-refractivity contribution is -0.384. The predicted octanol–water partition coefficient (Wildman–Crippen LogP) is 3.55. The third kappa shape index (κ3) is 6.82. The van der Waals surface area contributed by atoms with Crippen LogP contribution in [0.25, 0.3) is 0 Å². The fraction of sp³-hybridized carbons (Fsp3) is 0.308.